The fourth-order valence-corrected chi connectivity index (χ4v) is 7.64. The molecule has 0 spiro atoms. The van der Waals surface area contributed by atoms with Gasteiger partial charge in [-0.1, -0.05) is 31.2 Å². The highest BCUT2D eigenvalue weighted by Crippen LogP contribution is 2.62. The number of anilines is 1. The Morgan fingerprint density at radius 2 is 1.97 bits per heavy atom. The molecule has 2 fully saturated rings. The highest BCUT2D eigenvalue weighted by atomic mass is 16.2. The number of amides is 2. The molecule has 3 N–H and O–H groups in total. The Labute approximate surface area is 207 Å². The van der Waals surface area contributed by atoms with E-state index >= 15 is 0 Å². The molecule has 35 heavy (non-hydrogen) atoms. The number of benzene rings is 1. The lowest BCUT2D eigenvalue weighted by molar-refractivity contribution is -0.129. The molecule has 2 aromatic rings. The average Bonchev–Trinajstić information content (AvgIpc) is 3.06. The van der Waals surface area contributed by atoms with Crippen molar-refractivity contribution < 1.29 is 14.4 Å². The molecule has 0 bridgehead atoms. The topological polar surface area (TPSA) is 102 Å². The first-order valence-electron chi connectivity index (χ1n) is 12.9. The van der Waals surface area contributed by atoms with Crippen molar-refractivity contribution in [1.29, 1.82) is 0 Å². The number of pyridine rings is 1. The Morgan fingerprint density at radius 1 is 1.20 bits per heavy atom. The summed E-state index contributed by atoms with van der Waals surface area (Å²) in [5.74, 6) is 1.82. The number of carbonyl (C=O) groups excluding carboxylic acids is 3. The highest BCUT2D eigenvalue weighted by Gasteiger charge is 2.58. The lowest BCUT2D eigenvalue weighted by Crippen LogP contribution is -2.44. The van der Waals surface area contributed by atoms with E-state index in [0.717, 1.165) is 25.7 Å². The largest absolute Gasteiger partial charge is 0.366 e. The maximum absolute atomic E-state index is 13.2. The van der Waals surface area contributed by atoms with Crippen LogP contribution in [0.5, 0.6) is 0 Å². The number of fused-ring (bicyclic) bond motifs is 5. The number of primary amides is 1. The number of hydrogen-bond donors (Lipinski definition) is 2. The Bertz CT molecular complexity index is 1180. The number of nitrogens with two attached hydrogens (primary N) is 1. The Balaban J connectivity index is 1.30. The van der Waals surface area contributed by atoms with Crippen molar-refractivity contribution in [3.8, 4) is 0 Å². The average molecular weight is 474 g/mol. The molecular formula is C29H35N3O3. The van der Waals surface area contributed by atoms with E-state index in [1.54, 1.807) is 19.9 Å². The first-order valence-corrected chi connectivity index (χ1v) is 12.9. The third kappa shape index (κ3) is 4.07. The molecule has 184 valence electrons. The zero-order valence-electron chi connectivity index (χ0n) is 20.9. The lowest BCUT2D eigenvalue weighted by Gasteiger charge is -2.50. The van der Waals surface area contributed by atoms with Crippen molar-refractivity contribution >= 4 is 23.4 Å². The molecule has 3 aliphatic carbocycles. The van der Waals surface area contributed by atoms with E-state index in [4.69, 9.17) is 5.73 Å². The Morgan fingerprint density at radius 3 is 2.71 bits per heavy atom. The second kappa shape index (κ2) is 8.89. The molecule has 0 aliphatic heterocycles. The number of aromatic nitrogens is 1. The van der Waals surface area contributed by atoms with Crippen molar-refractivity contribution in [1.82, 2.24) is 4.98 Å². The van der Waals surface area contributed by atoms with Gasteiger partial charge >= 0.3 is 0 Å². The fraction of sp³-hybridized carbons (Fsp3) is 0.517. The number of nitrogens with zero attached hydrogens (tertiary/aromatic N) is 1. The van der Waals surface area contributed by atoms with E-state index in [0.29, 0.717) is 65.4 Å². The summed E-state index contributed by atoms with van der Waals surface area (Å²) >= 11 is 0. The van der Waals surface area contributed by atoms with Gasteiger partial charge in [0, 0.05) is 18.3 Å². The summed E-state index contributed by atoms with van der Waals surface area (Å²) in [4.78, 5) is 42.0. The molecule has 1 aromatic carbocycles. The minimum atomic E-state index is -0.518. The van der Waals surface area contributed by atoms with Crippen LogP contribution in [0.1, 0.15) is 84.1 Å². The molecule has 2 amide bonds. The van der Waals surface area contributed by atoms with E-state index in [1.165, 1.54) is 11.1 Å². The number of hydrogen-bond acceptors (Lipinski definition) is 4. The van der Waals surface area contributed by atoms with Gasteiger partial charge in [0.25, 0.3) is 5.91 Å². The molecule has 6 nitrogen and oxygen atoms in total. The van der Waals surface area contributed by atoms with Gasteiger partial charge in [-0.3, -0.25) is 14.4 Å². The summed E-state index contributed by atoms with van der Waals surface area (Å²) in [6, 6.07) is 10.5. The number of nitrogens with one attached hydrogen (secondary N) is 1. The monoisotopic (exact) mass is 473 g/mol. The number of rotatable bonds is 5. The molecule has 5 rings (SSSR count). The van der Waals surface area contributed by atoms with Gasteiger partial charge in [0.2, 0.25) is 5.91 Å². The van der Waals surface area contributed by atoms with Gasteiger partial charge in [-0.25, -0.2) is 4.98 Å². The molecule has 1 aromatic heterocycles. The van der Waals surface area contributed by atoms with Gasteiger partial charge in [-0.2, -0.15) is 0 Å². The Hall–Kier alpha value is -3.02. The van der Waals surface area contributed by atoms with Crippen LogP contribution in [0.4, 0.5) is 5.82 Å². The molecule has 5 atom stereocenters. The molecular weight excluding hydrogens is 438 g/mol. The van der Waals surface area contributed by atoms with Crippen LogP contribution in [-0.4, -0.2) is 22.6 Å². The first kappa shape index (κ1) is 23.7. The maximum atomic E-state index is 13.2. The zero-order valence-corrected chi connectivity index (χ0v) is 20.9. The van der Waals surface area contributed by atoms with Crippen LogP contribution in [0.2, 0.25) is 0 Å². The van der Waals surface area contributed by atoms with E-state index in [9.17, 15) is 14.4 Å². The van der Waals surface area contributed by atoms with Crippen LogP contribution >= 0.6 is 0 Å². The van der Waals surface area contributed by atoms with Gasteiger partial charge in [-0.15, -0.1) is 0 Å². The molecule has 3 unspecified atom stereocenters. The second-order valence-electron chi connectivity index (χ2n) is 11.1. The van der Waals surface area contributed by atoms with E-state index in [1.807, 2.05) is 0 Å². The van der Waals surface area contributed by atoms with Gasteiger partial charge in [0.05, 0.1) is 11.3 Å². The molecule has 0 radical (unpaired) electrons. The van der Waals surface area contributed by atoms with Crippen LogP contribution in [0, 0.1) is 37.0 Å². The molecule has 0 saturated heterocycles. The Kier molecular flexibility index (Phi) is 6.02. The zero-order chi connectivity index (χ0) is 24.9. The van der Waals surface area contributed by atoms with E-state index in [-0.39, 0.29) is 17.2 Å². The van der Waals surface area contributed by atoms with Gasteiger partial charge in [0.1, 0.15) is 11.6 Å². The van der Waals surface area contributed by atoms with Crippen molar-refractivity contribution in [3.63, 3.8) is 0 Å². The minimum Gasteiger partial charge on any atom is -0.366 e. The normalized spacial score (nSPS) is 29.2. The quantitative estimate of drug-likeness (QED) is 0.647. The highest BCUT2D eigenvalue weighted by molar-refractivity contribution is 5.96. The SMILES string of the molecule is Cc1cc(NC(=O)CC[C@@H]2CC(=O)[C@@]3(C)CCC4c5ccccc5CCC4C23)nc(C)c1C(N)=O. The lowest BCUT2D eigenvalue weighted by atomic mass is 9.54. The smallest absolute Gasteiger partial charge is 0.250 e. The predicted octanol–water partition coefficient (Wildman–Crippen LogP) is 4.87. The van der Waals surface area contributed by atoms with Gasteiger partial charge in [-0.05, 0) is 92.4 Å². The standard InChI is InChI=1S/C29H35N3O3/c1-16-14-24(31-17(2)26(16)28(30)35)32-25(34)11-9-19-15-23(33)29(3)13-12-21-20-7-5-4-6-18(20)8-10-22(21)27(19)29/h4-7,14,19,21-22,27H,8-13,15H2,1-3H3,(H2,30,35)(H,31,32,34)/t19-,21?,22?,27?,29-/m1/s1. The third-order valence-electron chi connectivity index (χ3n) is 9.14. The van der Waals surface area contributed by atoms with Crippen molar-refractivity contribution in [2.24, 2.45) is 28.9 Å². The van der Waals surface area contributed by atoms with Crippen molar-refractivity contribution in [2.75, 3.05) is 5.32 Å². The number of Topliss-reactive ketones (excluding diaryl/α,β-unsaturated/α-hetero) is 1. The summed E-state index contributed by atoms with van der Waals surface area (Å²) in [6.07, 6.45) is 5.89. The summed E-state index contributed by atoms with van der Waals surface area (Å²) in [5.41, 5.74) is 9.74. The van der Waals surface area contributed by atoms with Gasteiger partial charge < -0.3 is 11.1 Å². The molecule has 6 heteroatoms. The summed E-state index contributed by atoms with van der Waals surface area (Å²) in [7, 11) is 0. The number of ketones is 1. The third-order valence-corrected chi connectivity index (χ3v) is 9.14. The van der Waals surface area contributed by atoms with Crippen LogP contribution in [0.15, 0.2) is 30.3 Å². The van der Waals surface area contributed by atoms with Crippen LogP contribution in [0.25, 0.3) is 0 Å². The van der Waals surface area contributed by atoms with Crippen LogP contribution in [-0.2, 0) is 16.0 Å². The molecule has 1 heterocycles. The van der Waals surface area contributed by atoms with Crippen LogP contribution in [0.3, 0.4) is 0 Å². The van der Waals surface area contributed by atoms with E-state index in [2.05, 4.69) is 41.5 Å². The number of aryl methyl sites for hydroxylation is 3. The molecule has 3 aliphatic rings. The van der Waals surface area contributed by atoms with Crippen molar-refractivity contribution in [2.45, 2.75) is 71.6 Å². The van der Waals surface area contributed by atoms with Crippen molar-refractivity contribution in [3.05, 3.63) is 58.3 Å². The second-order valence-corrected chi connectivity index (χ2v) is 11.1. The summed E-state index contributed by atoms with van der Waals surface area (Å²) in [6.45, 7) is 5.69. The maximum Gasteiger partial charge on any atom is 0.250 e. The number of carbonyl (C=O) groups is 3. The van der Waals surface area contributed by atoms with Gasteiger partial charge in [0.15, 0.2) is 0 Å². The summed E-state index contributed by atoms with van der Waals surface area (Å²) < 4.78 is 0. The first-order chi connectivity index (χ1) is 16.7. The van der Waals surface area contributed by atoms with Crippen LogP contribution < -0.4 is 11.1 Å². The fourth-order valence-electron chi connectivity index (χ4n) is 7.64. The summed E-state index contributed by atoms with van der Waals surface area (Å²) in [5, 5.41) is 2.89. The predicted molar refractivity (Wildman–Crippen MR) is 135 cm³/mol. The van der Waals surface area contributed by atoms with E-state index < -0.39 is 5.91 Å². The molecule has 2 saturated carbocycles. The minimum absolute atomic E-state index is 0.106.